The van der Waals surface area contributed by atoms with E-state index in [0.717, 1.165) is 35.4 Å². The summed E-state index contributed by atoms with van der Waals surface area (Å²) in [4.78, 5) is 31.3. The predicted octanol–water partition coefficient (Wildman–Crippen LogP) is 5.67. The number of aryl methyl sites for hydroxylation is 2. The Morgan fingerprint density at radius 3 is 2.26 bits per heavy atom. The lowest BCUT2D eigenvalue weighted by Crippen LogP contribution is -2.43. The van der Waals surface area contributed by atoms with Crippen LogP contribution in [-0.4, -0.2) is 17.6 Å². The Hall–Kier alpha value is -2.95. The largest absolute Gasteiger partial charge is 0.365 e. The molecule has 5 heteroatoms. The summed E-state index contributed by atoms with van der Waals surface area (Å²) in [5, 5.41) is 7.47. The molecule has 5 nitrogen and oxygen atoms in total. The fourth-order valence-corrected chi connectivity index (χ4v) is 5.54. The highest BCUT2D eigenvalue weighted by molar-refractivity contribution is 6.06. The molecule has 0 spiro atoms. The molecule has 2 aliphatic rings. The maximum Gasteiger partial charge on any atom is 0.365 e. The van der Waals surface area contributed by atoms with Gasteiger partial charge in [0.05, 0.1) is 16.7 Å². The Bertz CT molecular complexity index is 1050. The number of oxime groups is 1. The minimum Gasteiger partial charge on any atom is -0.326 e. The molecule has 2 fully saturated rings. The number of anilines is 1. The van der Waals surface area contributed by atoms with Gasteiger partial charge in [-0.3, -0.25) is 4.79 Å². The van der Waals surface area contributed by atoms with Crippen LogP contribution in [0.5, 0.6) is 0 Å². The van der Waals surface area contributed by atoms with E-state index >= 15 is 0 Å². The summed E-state index contributed by atoms with van der Waals surface area (Å²) in [6, 6.07) is 14.9. The van der Waals surface area contributed by atoms with Crippen LogP contribution in [0.3, 0.4) is 0 Å². The lowest BCUT2D eigenvalue weighted by molar-refractivity contribution is -0.130. The average Bonchev–Trinajstić information content (AvgIpc) is 3.02. The molecule has 0 aliphatic heterocycles. The van der Waals surface area contributed by atoms with E-state index in [2.05, 4.69) is 37.3 Å². The minimum atomic E-state index is -0.586. The Balaban J connectivity index is 1.60. The molecule has 4 rings (SSSR count). The normalized spacial score (nSPS) is 27.3. The van der Waals surface area contributed by atoms with Crippen LogP contribution in [0.15, 0.2) is 53.7 Å². The Kier molecular flexibility index (Phi) is 5.03. The predicted molar refractivity (Wildman–Crippen MR) is 122 cm³/mol. The molecule has 31 heavy (non-hydrogen) atoms. The van der Waals surface area contributed by atoms with E-state index in [9.17, 15) is 9.59 Å². The van der Waals surface area contributed by atoms with Crippen molar-refractivity contribution in [2.24, 2.45) is 21.4 Å². The highest BCUT2D eigenvalue weighted by atomic mass is 16.7. The SMILES string of the molecule is Cc1cc(C)cc(NC(=O)C23CCC(C)(/C(=N\OC(=O)c4ccccc4)C2)C3(C)C)c1. The van der Waals surface area contributed by atoms with Gasteiger partial charge in [-0.1, -0.05) is 50.2 Å². The third-order valence-electron chi connectivity index (χ3n) is 7.90. The zero-order valence-corrected chi connectivity index (χ0v) is 18.9. The second kappa shape index (κ2) is 7.33. The number of hydrogen-bond donors (Lipinski definition) is 1. The molecule has 0 saturated heterocycles. The van der Waals surface area contributed by atoms with Crippen LogP contribution in [0.1, 0.15) is 61.5 Å². The molecule has 0 aromatic heterocycles. The van der Waals surface area contributed by atoms with E-state index < -0.39 is 11.4 Å². The molecule has 2 aromatic carbocycles. The molecule has 0 heterocycles. The lowest BCUT2D eigenvalue weighted by Gasteiger charge is -2.39. The van der Waals surface area contributed by atoms with Gasteiger partial charge in [-0.05, 0) is 67.5 Å². The minimum absolute atomic E-state index is 0.0193. The van der Waals surface area contributed by atoms with Crippen LogP contribution in [0.4, 0.5) is 5.69 Å². The first kappa shape index (κ1) is 21.3. The van der Waals surface area contributed by atoms with Crippen LogP contribution in [-0.2, 0) is 9.63 Å². The fraction of sp³-hybridized carbons (Fsp3) is 0.423. The number of benzene rings is 2. The molecular formula is C26H30N2O3. The summed E-state index contributed by atoms with van der Waals surface area (Å²) < 4.78 is 0. The molecule has 2 atom stereocenters. The third kappa shape index (κ3) is 3.27. The number of carbonyl (C=O) groups is 2. The van der Waals surface area contributed by atoms with Crippen LogP contribution in [0.25, 0.3) is 0 Å². The summed E-state index contributed by atoms with van der Waals surface area (Å²) in [6.45, 7) is 10.5. The van der Waals surface area contributed by atoms with Crippen molar-refractivity contribution in [2.75, 3.05) is 5.32 Å². The van der Waals surface area contributed by atoms with Crippen molar-refractivity contribution >= 4 is 23.3 Å². The number of nitrogens with zero attached hydrogens (tertiary/aromatic N) is 1. The zero-order valence-electron chi connectivity index (χ0n) is 18.9. The van der Waals surface area contributed by atoms with E-state index in [1.807, 2.05) is 32.0 Å². The van der Waals surface area contributed by atoms with Crippen LogP contribution in [0.2, 0.25) is 0 Å². The van der Waals surface area contributed by atoms with E-state index in [1.54, 1.807) is 24.3 Å². The first-order chi connectivity index (χ1) is 14.6. The molecule has 1 amide bonds. The topological polar surface area (TPSA) is 67.8 Å². The number of rotatable bonds is 4. The number of amides is 1. The van der Waals surface area contributed by atoms with Crippen molar-refractivity contribution in [1.82, 2.24) is 0 Å². The summed E-state index contributed by atoms with van der Waals surface area (Å²) in [5.41, 5.74) is 3.10. The van der Waals surface area contributed by atoms with Crippen molar-refractivity contribution < 1.29 is 14.4 Å². The summed E-state index contributed by atoms with van der Waals surface area (Å²) in [7, 11) is 0. The summed E-state index contributed by atoms with van der Waals surface area (Å²) in [6.07, 6.45) is 2.12. The molecule has 2 aliphatic carbocycles. The number of carbonyl (C=O) groups excluding carboxylic acids is 2. The molecule has 2 aromatic rings. The molecule has 2 bridgehead atoms. The van der Waals surface area contributed by atoms with Gasteiger partial charge < -0.3 is 10.2 Å². The van der Waals surface area contributed by atoms with Gasteiger partial charge in [-0.25, -0.2) is 4.79 Å². The van der Waals surface area contributed by atoms with Crippen molar-refractivity contribution in [3.05, 3.63) is 65.2 Å². The molecule has 0 radical (unpaired) electrons. The number of fused-ring (bicyclic) bond motifs is 2. The van der Waals surface area contributed by atoms with Crippen molar-refractivity contribution in [2.45, 2.75) is 53.9 Å². The quantitative estimate of drug-likeness (QED) is 0.514. The highest BCUT2D eigenvalue weighted by Crippen LogP contribution is 2.71. The van der Waals surface area contributed by atoms with Crippen molar-refractivity contribution in [3.8, 4) is 0 Å². The number of nitrogens with one attached hydrogen (secondary N) is 1. The zero-order chi connectivity index (χ0) is 22.4. The second-order valence-electron chi connectivity index (χ2n) is 9.83. The van der Waals surface area contributed by atoms with Gasteiger partial charge in [0.2, 0.25) is 5.91 Å². The number of hydrogen-bond acceptors (Lipinski definition) is 4. The Morgan fingerprint density at radius 2 is 1.61 bits per heavy atom. The van der Waals surface area contributed by atoms with Crippen molar-refractivity contribution in [3.63, 3.8) is 0 Å². The van der Waals surface area contributed by atoms with Crippen LogP contribution >= 0.6 is 0 Å². The molecule has 162 valence electrons. The lowest BCUT2D eigenvalue weighted by atomic mass is 9.64. The smallest absolute Gasteiger partial charge is 0.326 e. The van der Waals surface area contributed by atoms with Gasteiger partial charge in [0.25, 0.3) is 0 Å². The summed E-state index contributed by atoms with van der Waals surface area (Å²) >= 11 is 0. The Labute approximate surface area is 183 Å². The molecule has 1 N–H and O–H groups in total. The molecular weight excluding hydrogens is 388 g/mol. The fourth-order valence-electron chi connectivity index (χ4n) is 5.54. The maximum absolute atomic E-state index is 13.6. The van der Waals surface area contributed by atoms with Gasteiger partial charge >= 0.3 is 5.97 Å². The van der Waals surface area contributed by atoms with E-state index in [4.69, 9.17) is 4.84 Å². The highest BCUT2D eigenvalue weighted by Gasteiger charge is 2.71. The van der Waals surface area contributed by atoms with E-state index in [0.29, 0.717) is 12.0 Å². The average molecular weight is 419 g/mol. The molecule has 2 unspecified atom stereocenters. The van der Waals surface area contributed by atoms with Crippen molar-refractivity contribution in [1.29, 1.82) is 0 Å². The van der Waals surface area contributed by atoms with Gasteiger partial charge in [0.1, 0.15) is 0 Å². The standard InChI is InChI=1S/C26H30N2O3/c1-17-13-18(2)15-20(14-17)27-23(30)26-12-11-25(5,24(26,3)4)21(16-26)28-31-22(29)19-9-7-6-8-10-19/h6-10,13-15H,11-12,16H2,1-5H3,(H,27,30)/b28-21-. The van der Waals surface area contributed by atoms with Crippen LogP contribution < -0.4 is 5.32 Å². The molecule has 2 saturated carbocycles. The second-order valence-corrected chi connectivity index (χ2v) is 9.83. The summed E-state index contributed by atoms with van der Waals surface area (Å²) in [5.74, 6) is -0.461. The van der Waals surface area contributed by atoms with Crippen LogP contribution in [0, 0.1) is 30.1 Å². The first-order valence-corrected chi connectivity index (χ1v) is 10.8. The van der Waals surface area contributed by atoms with Gasteiger partial charge in [0, 0.05) is 17.5 Å². The monoisotopic (exact) mass is 418 g/mol. The van der Waals surface area contributed by atoms with Gasteiger partial charge in [-0.2, -0.15) is 0 Å². The Morgan fingerprint density at radius 1 is 0.968 bits per heavy atom. The van der Waals surface area contributed by atoms with E-state index in [-0.39, 0.29) is 16.7 Å². The van der Waals surface area contributed by atoms with Gasteiger partial charge in [-0.15, -0.1) is 0 Å². The maximum atomic E-state index is 13.6. The first-order valence-electron chi connectivity index (χ1n) is 10.8. The van der Waals surface area contributed by atoms with Gasteiger partial charge in [0.15, 0.2) is 0 Å². The van der Waals surface area contributed by atoms with E-state index in [1.165, 1.54) is 0 Å². The third-order valence-corrected chi connectivity index (χ3v) is 7.90.